The second-order valence-corrected chi connectivity index (χ2v) is 6.39. The minimum absolute atomic E-state index is 0.433. The van der Waals surface area contributed by atoms with Crippen LogP contribution in [0.15, 0.2) is 17.1 Å². The minimum atomic E-state index is -5.10. The zero-order chi connectivity index (χ0) is 21.7. The van der Waals surface area contributed by atoms with E-state index in [1.807, 2.05) is 0 Å². The summed E-state index contributed by atoms with van der Waals surface area (Å²) in [6.45, 7) is -0.848. The van der Waals surface area contributed by atoms with Gasteiger partial charge >= 0.3 is 24.0 Å². The molecule has 0 bridgehead atoms. The Morgan fingerprint density at radius 3 is 2.45 bits per heavy atom. The number of pyridine rings is 1. The fourth-order valence-electron chi connectivity index (χ4n) is 3.12. The molecule has 0 amide bonds. The van der Waals surface area contributed by atoms with Gasteiger partial charge in [0.15, 0.2) is 11.5 Å². The van der Waals surface area contributed by atoms with E-state index in [-0.39, 0.29) is 0 Å². The number of rotatable bonds is 3. The van der Waals surface area contributed by atoms with Crippen molar-refractivity contribution in [2.45, 2.75) is 37.8 Å². The van der Waals surface area contributed by atoms with Gasteiger partial charge in [0.1, 0.15) is 11.9 Å². The third kappa shape index (κ3) is 3.82. The molecule has 1 aliphatic rings. The van der Waals surface area contributed by atoms with Gasteiger partial charge in [-0.05, 0) is 12.5 Å². The van der Waals surface area contributed by atoms with Crippen molar-refractivity contribution in [3.05, 3.63) is 45.6 Å². The predicted molar refractivity (Wildman–Crippen MR) is 79.3 cm³/mol. The maximum atomic E-state index is 14.1. The van der Waals surface area contributed by atoms with Crippen LogP contribution < -0.4 is 5.69 Å². The summed E-state index contributed by atoms with van der Waals surface area (Å²) in [5.74, 6) is -6.03. The van der Waals surface area contributed by atoms with E-state index < -0.39 is 78.3 Å². The van der Waals surface area contributed by atoms with Gasteiger partial charge in [-0.1, -0.05) is 0 Å². The van der Waals surface area contributed by atoms with Gasteiger partial charge in [-0.25, -0.2) is 23.6 Å². The lowest BCUT2D eigenvalue weighted by atomic mass is 9.92. The van der Waals surface area contributed by atoms with Crippen LogP contribution in [0.5, 0.6) is 0 Å². The Morgan fingerprint density at radius 2 is 1.90 bits per heavy atom. The lowest BCUT2D eigenvalue weighted by molar-refractivity contribution is -0.183. The van der Waals surface area contributed by atoms with Crippen molar-refractivity contribution in [1.82, 2.24) is 19.3 Å². The van der Waals surface area contributed by atoms with Gasteiger partial charge in [-0.2, -0.15) is 31.4 Å². The first-order valence-corrected chi connectivity index (χ1v) is 7.99. The maximum absolute atomic E-state index is 14.1. The maximum Gasteiger partial charge on any atom is 0.436 e. The van der Waals surface area contributed by atoms with Crippen LogP contribution in [0.25, 0.3) is 0 Å². The Balaban J connectivity index is 2.03. The van der Waals surface area contributed by atoms with Gasteiger partial charge in [0.2, 0.25) is 0 Å². The topological polar surface area (TPSA) is 90.0 Å². The molecule has 2 aromatic heterocycles. The first kappa shape index (κ1) is 20.8. The van der Waals surface area contributed by atoms with Crippen molar-refractivity contribution in [3.63, 3.8) is 0 Å². The molecule has 0 saturated heterocycles. The van der Waals surface area contributed by atoms with E-state index in [9.17, 15) is 45.4 Å². The average Bonchev–Trinajstić information content (AvgIpc) is 2.90. The van der Waals surface area contributed by atoms with E-state index in [4.69, 9.17) is 0 Å². The average molecular weight is 428 g/mol. The number of hydrogen-bond acceptors (Lipinski definition) is 4. The van der Waals surface area contributed by atoms with E-state index in [0.717, 1.165) is 6.07 Å². The summed E-state index contributed by atoms with van der Waals surface area (Å²) >= 11 is 0. The van der Waals surface area contributed by atoms with Crippen LogP contribution in [0.4, 0.5) is 30.7 Å². The normalized spacial score (nSPS) is 19.8. The van der Waals surface area contributed by atoms with Crippen LogP contribution in [0.1, 0.15) is 29.5 Å². The number of nitrogens with zero attached hydrogens (tertiary/aromatic N) is 4. The molecule has 0 unspecified atom stereocenters. The minimum Gasteiger partial charge on any atom is -0.480 e. The van der Waals surface area contributed by atoms with E-state index in [2.05, 4.69) is 10.1 Å². The Kier molecular flexibility index (Phi) is 4.91. The fourth-order valence-corrected chi connectivity index (χ4v) is 3.12. The molecule has 2 aromatic rings. The van der Waals surface area contributed by atoms with E-state index >= 15 is 0 Å². The molecular formula is C15H11F7N4O3. The van der Waals surface area contributed by atoms with Gasteiger partial charge < -0.3 is 5.11 Å². The van der Waals surface area contributed by atoms with Crippen LogP contribution in [0, 0.1) is 11.7 Å². The monoisotopic (exact) mass is 428 g/mol. The highest BCUT2D eigenvalue weighted by atomic mass is 19.4. The van der Waals surface area contributed by atoms with Gasteiger partial charge in [0, 0.05) is 18.2 Å². The molecule has 0 spiro atoms. The fraction of sp³-hybridized carbons (Fsp3) is 0.467. The second kappa shape index (κ2) is 6.84. The highest BCUT2D eigenvalue weighted by Crippen LogP contribution is 2.38. The molecule has 3 heterocycles. The number of aromatic nitrogens is 4. The Morgan fingerprint density at radius 1 is 1.24 bits per heavy atom. The molecule has 3 rings (SSSR count). The summed E-state index contributed by atoms with van der Waals surface area (Å²) in [4.78, 5) is 26.7. The van der Waals surface area contributed by atoms with Gasteiger partial charge in [0.25, 0.3) is 0 Å². The molecule has 29 heavy (non-hydrogen) atoms. The van der Waals surface area contributed by atoms with Gasteiger partial charge in [-0.15, -0.1) is 0 Å². The smallest absolute Gasteiger partial charge is 0.436 e. The number of aliphatic carboxylic acids is 1. The third-order valence-electron chi connectivity index (χ3n) is 4.50. The summed E-state index contributed by atoms with van der Waals surface area (Å²) < 4.78 is 92.6. The summed E-state index contributed by atoms with van der Waals surface area (Å²) in [6.07, 6.45) is -10.9. The summed E-state index contributed by atoms with van der Waals surface area (Å²) in [5, 5.41) is 12.8. The van der Waals surface area contributed by atoms with Crippen LogP contribution in [-0.2, 0) is 23.9 Å². The molecule has 0 saturated carbocycles. The highest BCUT2D eigenvalue weighted by molar-refractivity contribution is 5.72. The van der Waals surface area contributed by atoms with E-state index in [1.54, 1.807) is 0 Å². The molecule has 14 heteroatoms. The number of halogens is 7. The van der Waals surface area contributed by atoms with Crippen molar-refractivity contribution in [2.75, 3.05) is 0 Å². The Labute approximate surface area is 156 Å². The van der Waals surface area contributed by atoms with E-state index in [0.29, 0.717) is 15.4 Å². The van der Waals surface area contributed by atoms with Crippen molar-refractivity contribution >= 4 is 5.97 Å². The molecule has 0 aliphatic carbocycles. The molecule has 0 radical (unpaired) electrons. The van der Waals surface area contributed by atoms with Gasteiger partial charge in [-0.3, -0.25) is 4.57 Å². The second-order valence-electron chi connectivity index (χ2n) is 6.39. The third-order valence-corrected chi connectivity index (χ3v) is 4.50. The Bertz CT molecular complexity index is 1010. The first-order chi connectivity index (χ1) is 13.3. The predicted octanol–water partition coefficient (Wildman–Crippen LogP) is 2.40. The quantitative estimate of drug-likeness (QED) is 0.759. The summed E-state index contributed by atoms with van der Waals surface area (Å²) in [7, 11) is 0. The van der Waals surface area contributed by atoms with Crippen LogP contribution in [0.3, 0.4) is 0 Å². The van der Waals surface area contributed by atoms with Gasteiger partial charge in [0.05, 0.1) is 12.5 Å². The molecule has 0 fully saturated rings. The zero-order valence-electron chi connectivity index (χ0n) is 14.1. The number of carbonyl (C=O) groups is 1. The van der Waals surface area contributed by atoms with Crippen LogP contribution >= 0.6 is 0 Å². The molecule has 158 valence electrons. The number of hydrogen-bond donors (Lipinski definition) is 1. The molecule has 7 nitrogen and oxygen atoms in total. The first-order valence-electron chi connectivity index (χ1n) is 7.99. The van der Waals surface area contributed by atoms with Crippen LogP contribution in [-0.4, -0.2) is 36.6 Å². The molecule has 2 atom stereocenters. The number of carboxylic acid groups (broad SMARTS) is 1. The zero-order valence-corrected chi connectivity index (χ0v) is 14.1. The van der Waals surface area contributed by atoms with Crippen LogP contribution in [0.2, 0.25) is 0 Å². The standard InChI is InChI=1S/C15H11F7N4O3/c16-10-6(1-2-23-11(10)15(20,21)22)5-25-13(29)26-8(12(27)28)3-7(14(17,18)19)4-9(26)24-25/h1-2,7-8H,3-5H2,(H,27,28)/t7-,8-/m1/s1. The number of fused-ring (bicyclic) bond motifs is 1. The largest absolute Gasteiger partial charge is 0.480 e. The lowest BCUT2D eigenvalue weighted by Crippen LogP contribution is -2.40. The highest BCUT2D eigenvalue weighted by Gasteiger charge is 2.47. The molecule has 0 aromatic carbocycles. The molecule has 1 N–H and O–H groups in total. The van der Waals surface area contributed by atoms with E-state index in [1.165, 1.54) is 0 Å². The van der Waals surface area contributed by atoms with Crippen molar-refractivity contribution in [1.29, 1.82) is 0 Å². The molecular weight excluding hydrogens is 417 g/mol. The van der Waals surface area contributed by atoms with Crippen molar-refractivity contribution in [3.8, 4) is 0 Å². The number of carboxylic acids is 1. The van der Waals surface area contributed by atoms with Crippen molar-refractivity contribution in [2.24, 2.45) is 5.92 Å². The summed E-state index contributed by atoms with van der Waals surface area (Å²) in [6, 6.07) is -1.01. The SMILES string of the molecule is O=C(O)[C@H]1C[C@@H](C(F)(F)F)Cc2nn(Cc3ccnc(C(F)(F)F)c3F)c(=O)n21. The molecule has 1 aliphatic heterocycles. The van der Waals surface area contributed by atoms with Crippen molar-refractivity contribution < 1.29 is 40.6 Å². The lowest BCUT2D eigenvalue weighted by Gasteiger charge is -2.28. The summed E-state index contributed by atoms with van der Waals surface area (Å²) in [5.41, 5.74) is -3.63. The number of alkyl halides is 6. The Hall–Kier alpha value is -2.93.